The van der Waals surface area contributed by atoms with Crippen molar-refractivity contribution in [1.82, 2.24) is 15.2 Å². The Morgan fingerprint density at radius 3 is 2.42 bits per heavy atom. The van der Waals surface area contributed by atoms with Crippen LogP contribution >= 0.6 is 0 Å². The zero-order chi connectivity index (χ0) is 19.3. The van der Waals surface area contributed by atoms with Gasteiger partial charge in [0.15, 0.2) is 0 Å². The number of aromatic amines is 1. The highest BCUT2D eigenvalue weighted by Crippen LogP contribution is 2.23. The van der Waals surface area contributed by atoms with Crippen molar-refractivity contribution in [3.05, 3.63) is 22.5 Å². The van der Waals surface area contributed by atoms with Gasteiger partial charge in [-0.1, -0.05) is 6.92 Å². The number of nitrogens with zero attached hydrogens (tertiary/aromatic N) is 1. The van der Waals surface area contributed by atoms with Crippen molar-refractivity contribution in [1.29, 1.82) is 0 Å². The Hall–Kier alpha value is -2.31. The molecule has 1 aliphatic rings. The van der Waals surface area contributed by atoms with Crippen molar-refractivity contribution in [3.63, 3.8) is 0 Å². The highest BCUT2D eigenvalue weighted by Gasteiger charge is 2.30. The molecule has 2 amide bonds. The van der Waals surface area contributed by atoms with Gasteiger partial charge >= 0.3 is 5.97 Å². The molecular weight excluding hydrogens is 334 g/mol. The summed E-state index contributed by atoms with van der Waals surface area (Å²) in [5.74, 6) is -0.500. The molecule has 0 aromatic carbocycles. The molecule has 0 atom stereocenters. The lowest BCUT2D eigenvalue weighted by Gasteiger charge is -2.31. The van der Waals surface area contributed by atoms with Crippen LogP contribution in [-0.2, 0) is 9.53 Å². The largest absolute Gasteiger partial charge is 0.462 e. The number of amides is 2. The quantitative estimate of drug-likeness (QED) is 0.758. The number of aromatic nitrogens is 1. The topological polar surface area (TPSA) is 91.5 Å². The molecule has 0 aliphatic carbocycles. The van der Waals surface area contributed by atoms with Gasteiger partial charge in [0.05, 0.1) is 12.2 Å². The van der Waals surface area contributed by atoms with Crippen LogP contribution in [0.1, 0.15) is 65.2 Å². The first kappa shape index (κ1) is 20.0. The Morgan fingerprint density at radius 1 is 1.19 bits per heavy atom. The maximum atomic E-state index is 12.9. The van der Waals surface area contributed by atoms with Crippen LogP contribution in [0.4, 0.5) is 0 Å². The summed E-state index contributed by atoms with van der Waals surface area (Å²) >= 11 is 0. The van der Waals surface area contributed by atoms with Gasteiger partial charge in [-0.25, -0.2) is 4.79 Å². The lowest BCUT2D eigenvalue weighted by Crippen LogP contribution is -2.43. The second-order valence-corrected chi connectivity index (χ2v) is 6.70. The highest BCUT2D eigenvalue weighted by atomic mass is 16.5. The van der Waals surface area contributed by atoms with Crippen molar-refractivity contribution in [2.24, 2.45) is 5.92 Å². The van der Waals surface area contributed by atoms with E-state index in [0.717, 1.165) is 6.42 Å². The summed E-state index contributed by atoms with van der Waals surface area (Å²) in [7, 11) is 0. The fourth-order valence-corrected chi connectivity index (χ4v) is 3.37. The molecule has 0 radical (unpaired) electrons. The predicted octanol–water partition coefficient (Wildman–Crippen LogP) is 2.19. The van der Waals surface area contributed by atoms with Gasteiger partial charge in [0.1, 0.15) is 5.69 Å². The summed E-state index contributed by atoms with van der Waals surface area (Å²) in [6.07, 6.45) is 2.23. The van der Waals surface area contributed by atoms with Crippen molar-refractivity contribution in [2.75, 3.05) is 26.2 Å². The lowest BCUT2D eigenvalue weighted by molar-refractivity contribution is -0.126. The maximum absolute atomic E-state index is 12.9. The molecule has 0 saturated carbocycles. The van der Waals surface area contributed by atoms with E-state index in [2.05, 4.69) is 10.3 Å². The van der Waals surface area contributed by atoms with E-state index in [9.17, 15) is 14.4 Å². The zero-order valence-corrected chi connectivity index (χ0v) is 16.1. The van der Waals surface area contributed by atoms with E-state index in [4.69, 9.17) is 4.74 Å². The number of aryl methyl sites for hydroxylation is 1. The van der Waals surface area contributed by atoms with Crippen molar-refractivity contribution in [2.45, 2.75) is 47.0 Å². The van der Waals surface area contributed by atoms with Crippen molar-refractivity contribution >= 4 is 17.8 Å². The van der Waals surface area contributed by atoms with E-state index in [1.165, 1.54) is 0 Å². The van der Waals surface area contributed by atoms with Crippen LogP contribution in [0.15, 0.2) is 0 Å². The number of piperidine rings is 1. The number of carbonyl (C=O) groups excluding carboxylic acids is 3. The fraction of sp³-hybridized carbons (Fsp3) is 0.632. The fourth-order valence-electron chi connectivity index (χ4n) is 3.37. The summed E-state index contributed by atoms with van der Waals surface area (Å²) in [6, 6.07) is 0. The normalized spacial score (nSPS) is 15.0. The molecule has 2 heterocycles. The predicted molar refractivity (Wildman–Crippen MR) is 98.2 cm³/mol. The van der Waals surface area contributed by atoms with Gasteiger partial charge in [-0.3, -0.25) is 9.59 Å². The van der Waals surface area contributed by atoms with E-state index in [-0.39, 0.29) is 17.7 Å². The Balaban J connectivity index is 2.04. The minimum Gasteiger partial charge on any atom is -0.462 e. The minimum absolute atomic E-state index is 0.0350. The molecular formula is C19H29N3O4. The number of hydrogen-bond acceptors (Lipinski definition) is 4. The molecule has 7 nitrogen and oxygen atoms in total. The second-order valence-electron chi connectivity index (χ2n) is 6.70. The average Bonchev–Trinajstić information content (AvgIpc) is 2.93. The van der Waals surface area contributed by atoms with Gasteiger partial charge in [-0.15, -0.1) is 0 Å². The third kappa shape index (κ3) is 4.26. The Kier molecular flexibility index (Phi) is 6.83. The number of esters is 1. The van der Waals surface area contributed by atoms with Gasteiger partial charge < -0.3 is 19.9 Å². The van der Waals surface area contributed by atoms with Crippen molar-refractivity contribution < 1.29 is 19.1 Å². The molecule has 0 bridgehead atoms. The van der Waals surface area contributed by atoms with Gasteiger partial charge in [-0.2, -0.15) is 0 Å². The number of rotatable bonds is 6. The van der Waals surface area contributed by atoms with E-state index >= 15 is 0 Å². The van der Waals surface area contributed by atoms with Crippen LogP contribution in [0, 0.1) is 19.8 Å². The smallest absolute Gasteiger partial charge is 0.340 e. The van der Waals surface area contributed by atoms with Gasteiger partial charge in [-0.05, 0) is 45.6 Å². The molecule has 2 rings (SSSR count). The molecule has 7 heteroatoms. The first-order valence-electron chi connectivity index (χ1n) is 9.33. The number of nitrogens with one attached hydrogen (secondary N) is 2. The van der Waals surface area contributed by atoms with Crippen LogP contribution in [0.5, 0.6) is 0 Å². The van der Waals surface area contributed by atoms with E-state index in [0.29, 0.717) is 61.6 Å². The van der Waals surface area contributed by atoms with Crippen LogP contribution in [0.2, 0.25) is 0 Å². The first-order chi connectivity index (χ1) is 12.4. The SMILES string of the molecule is CCCNC(=O)C1CCN(C(=O)c2[nH]c(C)c(C(=O)OCC)c2C)CC1. The third-order valence-corrected chi connectivity index (χ3v) is 4.83. The second kappa shape index (κ2) is 8.87. The van der Waals surface area contributed by atoms with Gasteiger partial charge in [0.25, 0.3) is 5.91 Å². The first-order valence-corrected chi connectivity index (χ1v) is 9.33. The van der Waals surface area contributed by atoms with Gasteiger partial charge in [0, 0.05) is 31.2 Å². The van der Waals surface area contributed by atoms with Crippen molar-refractivity contribution in [3.8, 4) is 0 Å². The molecule has 144 valence electrons. The average molecular weight is 363 g/mol. The number of H-pyrrole nitrogens is 1. The highest BCUT2D eigenvalue weighted by molar-refractivity contribution is 6.00. The summed E-state index contributed by atoms with van der Waals surface area (Å²) in [5.41, 5.74) is 2.12. The Bertz CT molecular complexity index is 673. The third-order valence-electron chi connectivity index (χ3n) is 4.83. The molecule has 26 heavy (non-hydrogen) atoms. The maximum Gasteiger partial charge on any atom is 0.340 e. The minimum atomic E-state index is -0.413. The summed E-state index contributed by atoms with van der Waals surface area (Å²) in [5, 5.41) is 2.92. The molecule has 1 aromatic heterocycles. The summed E-state index contributed by atoms with van der Waals surface area (Å²) in [4.78, 5) is 41.8. The zero-order valence-electron chi connectivity index (χ0n) is 16.1. The molecule has 1 aliphatic heterocycles. The van der Waals surface area contributed by atoms with E-state index in [1.54, 1.807) is 25.7 Å². The molecule has 1 saturated heterocycles. The van der Waals surface area contributed by atoms with E-state index in [1.807, 2.05) is 6.92 Å². The molecule has 0 unspecified atom stereocenters. The van der Waals surface area contributed by atoms with Crippen LogP contribution < -0.4 is 5.32 Å². The molecule has 1 aromatic rings. The van der Waals surface area contributed by atoms with Crippen LogP contribution in [0.25, 0.3) is 0 Å². The van der Waals surface area contributed by atoms with E-state index < -0.39 is 5.97 Å². The molecule has 1 fully saturated rings. The standard InChI is InChI=1S/C19H29N3O4/c1-5-9-20-17(23)14-7-10-22(11-8-14)18(24)16-12(3)15(13(4)21-16)19(25)26-6-2/h14,21H,5-11H2,1-4H3,(H,20,23). The van der Waals surface area contributed by atoms with Crippen LogP contribution in [-0.4, -0.2) is 53.9 Å². The Labute approximate surface area is 154 Å². The number of ether oxygens (including phenoxy) is 1. The van der Waals surface area contributed by atoms with Crippen LogP contribution in [0.3, 0.4) is 0 Å². The van der Waals surface area contributed by atoms with Gasteiger partial charge in [0.2, 0.25) is 5.91 Å². The number of carbonyl (C=O) groups is 3. The lowest BCUT2D eigenvalue weighted by atomic mass is 9.95. The monoisotopic (exact) mass is 363 g/mol. The molecule has 2 N–H and O–H groups in total. The summed E-state index contributed by atoms with van der Waals surface area (Å²) < 4.78 is 5.07. The number of hydrogen-bond donors (Lipinski definition) is 2. The number of likely N-dealkylation sites (tertiary alicyclic amines) is 1. The molecule has 0 spiro atoms. The Morgan fingerprint density at radius 2 is 1.85 bits per heavy atom. The summed E-state index contributed by atoms with van der Waals surface area (Å²) in [6.45, 7) is 9.35.